The number of sulfone groups is 1. The number of hydrogen-bond donors (Lipinski definition) is 1. The minimum absolute atomic E-state index is 0.0168. The average Bonchev–Trinajstić information content (AvgIpc) is 3.05. The summed E-state index contributed by atoms with van der Waals surface area (Å²) in [5.74, 6) is -1.70. The number of amides is 1. The minimum atomic E-state index is -3.13. The van der Waals surface area contributed by atoms with Crippen LogP contribution in [0, 0.1) is 0 Å². The van der Waals surface area contributed by atoms with Crippen molar-refractivity contribution in [2.45, 2.75) is 24.6 Å². The molecule has 3 rings (SSSR count). The summed E-state index contributed by atoms with van der Waals surface area (Å²) in [7, 11) is -3.13. The Bertz CT molecular complexity index is 866. The maximum Gasteiger partial charge on any atom is 0.329 e. The second-order valence-electron chi connectivity index (χ2n) is 6.37. The molecule has 27 heavy (non-hydrogen) atoms. The lowest BCUT2D eigenvalue weighted by atomic mass is 10.1. The van der Waals surface area contributed by atoms with Gasteiger partial charge in [-0.1, -0.05) is 30.8 Å². The zero-order valence-electron chi connectivity index (χ0n) is 14.7. The smallest absolute Gasteiger partial charge is 0.329 e. The first-order valence-electron chi connectivity index (χ1n) is 8.45. The largest absolute Gasteiger partial charge is 0.480 e. The molecular weight excluding hydrogens is 392 g/mol. The molecule has 8 nitrogen and oxygen atoms in total. The molecule has 0 saturated carbocycles. The first-order valence-corrected chi connectivity index (χ1v) is 11.2. The van der Waals surface area contributed by atoms with E-state index in [0.29, 0.717) is 5.17 Å². The van der Waals surface area contributed by atoms with Crippen molar-refractivity contribution in [3.8, 4) is 0 Å². The number of hydrogen-bond acceptors (Lipinski definition) is 6. The van der Waals surface area contributed by atoms with Crippen LogP contribution in [0.2, 0.25) is 0 Å². The number of ether oxygens (including phenoxy) is 1. The summed E-state index contributed by atoms with van der Waals surface area (Å²) in [6.45, 7) is 1.03. The van der Waals surface area contributed by atoms with E-state index in [1.54, 1.807) is 4.90 Å². The number of carboxylic acid groups (broad SMARTS) is 1. The molecule has 1 aromatic rings. The van der Waals surface area contributed by atoms with E-state index in [1.807, 2.05) is 31.2 Å². The Labute approximate surface area is 161 Å². The van der Waals surface area contributed by atoms with Crippen molar-refractivity contribution in [1.82, 2.24) is 0 Å². The highest BCUT2D eigenvalue weighted by atomic mass is 32.2. The SMILES string of the molecule is CCc1ccc(N2C(=NC(=O)COCC(=O)O)SC3CS(=O)(=O)CC32)cc1. The van der Waals surface area contributed by atoms with Crippen LogP contribution < -0.4 is 4.90 Å². The van der Waals surface area contributed by atoms with Gasteiger partial charge in [-0.2, -0.15) is 4.99 Å². The predicted octanol–water partition coefficient (Wildman–Crippen LogP) is 0.952. The highest BCUT2D eigenvalue weighted by molar-refractivity contribution is 8.16. The molecule has 0 radical (unpaired) electrons. The molecule has 0 bridgehead atoms. The Hall–Kier alpha value is -1.91. The van der Waals surface area contributed by atoms with Crippen molar-refractivity contribution in [2.24, 2.45) is 4.99 Å². The molecule has 1 amide bonds. The van der Waals surface area contributed by atoms with Gasteiger partial charge in [0.15, 0.2) is 15.0 Å². The van der Waals surface area contributed by atoms with Crippen molar-refractivity contribution in [2.75, 3.05) is 29.6 Å². The van der Waals surface area contributed by atoms with E-state index in [0.717, 1.165) is 17.7 Å². The Morgan fingerprint density at radius 1 is 1.26 bits per heavy atom. The Morgan fingerprint density at radius 3 is 2.59 bits per heavy atom. The van der Waals surface area contributed by atoms with Crippen LogP contribution >= 0.6 is 11.8 Å². The number of thioether (sulfide) groups is 1. The zero-order valence-corrected chi connectivity index (χ0v) is 16.3. The van der Waals surface area contributed by atoms with Gasteiger partial charge >= 0.3 is 5.97 Å². The number of fused-ring (bicyclic) bond motifs is 1. The van der Waals surface area contributed by atoms with Gasteiger partial charge in [0.1, 0.15) is 13.2 Å². The fourth-order valence-corrected chi connectivity index (χ4v) is 7.05. The van der Waals surface area contributed by atoms with Crippen LogP contribution in [0.5, 0.6) is 0 Å². The summed E-state index contributed by atoms with van der Waals surface area (Å²) in [6.07, 6.45) is 0.885. The van der Waals surface area contributed by atoms with Gasteiger partial charge in [0, 0.05) is 10.9 Å². The van der Waals surface area contributed by atoms with Crippen molar-refractivity contribution in [3.63, 3.8) is 0 Å². The molecule has 0 aromatic heterocycles. The van der Waals surface area contributed by atoms with E-state index >= 15 is 0 Å². The third kappa shape index (κ3) is 4.69. The first kappa shape index (κ1) is 19.8. The maximum absolute atomic E-state index is 12.0. The highest BCUT2D eigenvalue weighted by Gasteiger charge is 2.49. The molecule has 2 atom stereocenters. The monoisotopic (exact) mass is 412 g/mol. The lowest BCUT2D eigenvalue weighted by Crippen LogP contribution is -2.37. The molecule has 2 saturated heterocycles. The van der Waals surface area contributed by atoms with Crippen LogP contribution in [0.25, 0.3) is 0 Å². The number of aliphatic carboxylic acids is 1. The normalized spacial score (nSPS) is 24.9. The van der Waals surface area contributed by atoms with Crippen LogP contribution in [0.4, 0.5) is 5.69 Å². The molecule has 0 aliphatic carbocycles. The molecule has 1 aromatic carbocycles. The van der Waals surface area contributed by atoms with Crippen LogP contribution in [-0.2, 0) is 30.6 Å². The third-order valence-electron chi connectivity index (χ3n) is 4.36. The Balaban J connectivity index is 1.84. The second kappa shape index (κ2) is 7.99. The number of nitrogens with zero attached hydrogens (tertiary/aromatic N) is 2. The molecule has 2 aliphatic rings. The number of amidine groups is 1. The van der Waals surface area contributed by atoms with E-state index in [-0.39, 0.29) is 22.8 Å². The minimum Gasteiger partial charge on any atom is -0.480 e. The molecule has 2 aliphatic heterocycles. The van der Waals surface area contributed by atoms with Crippen molar-refractivity contribution in [3.05, 3.63) is 29.8 Å². The van der Waals surface area contributed by atoms with Crippen molar-refractivity contribution >= 4 is 44.3 Å². The fraction of sp³-hybridized carbons (Fsp3) is 0.471. The number of aryl methyl sites for hydroxylation is 1. The predicted molar refractivity (Wildman–Crippen MR) is 103 cm³/mol. The quantitative estimate of drug-likeness (QED) is 0.735. The van der Waals surface area contributed by atoms with Crippen LogP contribution in [0.1, 0.15) is 12.5 Å². The molecule has 2 unspecified atom stereocenters. The molecular formula is C17H20N2O6S2. The molecule has 146 valence electrons. The lowest BCUT2D eigenvalue weighted by Gasteiger charge is -2.24. The van der Waals surface area contributed by atoms with Gasteiger partial charge in [-0.15, -0.1) is 0 Å². The van der Waals surface area contributed by atoms with Gasteiger partial charge in [-0.25, -0.2) is 13.2 Å². The van der Waals surface area contributed by atoms with Gasteiger partial charge in [0.2, 0.25) is 0 Å². The van der Waals surface area contributed by atoms with E-state index in [4.69, 9.17) is 9.84 Å². The van der Waals surface area contributed by atoms with Crippen molar-refractivity contribution < 1.29 is 27.9 Å². The van der Waals surface area contributed by atoms with Crippen LogP contribution in [0.3, 0.4) is 0 Å². The Kier molecular flexibility index (Phi) is 5.87. The number of carbonyl (C=O) groups excluding carboxylic acids is 1. The summed E-state index contributed by atoms with van der Waals surface area (Å²) in [5.41, 5.74) is 1.93. The third-order valence-corrected chi connectivity index (χ3v) is 7.57. The van der Waals surface area contributed by atoms with Crippen LogP contribution in [-0.4, -0.2) is 66.6 Å². The molecule has 0 spiro atoms. The van der Waals surface area contributed by atoms with E-state index in [1.165, 1.54) is 11.8 Å². The van der Waals surface area contributed by atoms with Gasteiger partial charge in [-0.05, 0) is 24.1 Å². The van der Waals surface area contributed by atoms with Gasteiger partial charge < -0.3 is 14.7 Å². The maximum atomic E-state index is 12.0. The summed E-state index contributed by atoms with van der Waals surface area (Å²) in [5, 5.41) is 8.80. The lowest BCUT2D eigenvalue weighted by molar-refractivity contribution is -0.143. The number of carbonyl (C=O) groups is 2. The summed E-state index contributed by atoms with van der Waals surface area (Å²) >= 11 is 1.27. The van der Waals surface area contributed by atoms with Crippen molar-refractivity contribution in [1.29, 1.82) is 0 Å². The second-order valence-corrected chi connectivity index (χ2v) is 9.73. The number of benzene rings is 1. The van der Waals surface area contributed by atoms with Gasteiger partial charge in [-0.3, -0.25) is 4.79 Å². The topological polar surface area (TPSA) is 113 Å². The average molecular weight is 412 g/mol. The summed E-state index contributed by atoms with van der Waals surface area (Å²) in [4.78, 5) is 28.4. The van der Waals surface area contributed by atoms with Crippen LogP contribution in [0.15, 0.2) is 29.3 Å². The number of aliphatic imine (C=N–C) groups is 1. The summed E-state index contributed by atoms with van der Waals surface area (Å²) < 4.78 is 28.9. The molecule has 1 N–H and O–H groups in total. The summed E-state index contributed by atoms with van der Waals surface area (Å²) in [6, 6.07) is 7.44. The Morgan fingerprint density at radius 2 is 1.96 bits per heavy atom. The van der Waals surface area contributed by atoms with E-state index in [2.05, 4.69) is 4.99 Å². The molecule has 2 fully saturated rings. The zero-order chi connectivity index (χ0) is 19.6. The number of rotatable bonds is 6. The van der Waals surface area contributed by atoms with Gasteiger partial charge in [0.25, 0.3) is 5.91 Å². The first-order chi connectivity index (χ1) is 12.8. The number of carboxylic acids is 1. The fourth-order valence-electron chi connectivity index (χ4n) is 3.12. The van der Waals surface area contributed by atoms with E-state index < -0.39 is 34.9 Å². The molecule has 2 heterocycles. The standard InChI is InChI=1S/C17H20N2O6S2/c1-2-11-3-5-12(6-4-11)19-13-9-27(23,24)10-14(13)26-17(19)18-15(20)7-25-8-16(21)22/h3-6,13-14H,2,7-10H2,1H3,(H,21,22). The van der Waals surface area contributed by atoms with Gasteiger partial charge in [0.05, 0.1) is 17.5 Å². The highest BCUT2D eigenvalue weighted by Crippen LogP contribution is 2.41. The number of anilines is 1. The van der Waals surface area contributed by atoms with E-state index in [9.17, 15) is 18.0 Å². The molecule has 10 heteroatoms.